The van der Waals surface area contributed by atoms with E-state index in [1.54, 1.807) is 0 Å². The second kappa shape index (κ2) is 4.16. The zero-order valence-electron chi connectivity index (χ0n) is 9.14. The Hall–Kier alpha value is 0.210. The lowest BCUT2D eigenvalue weighted by Gasteiger charge is -2.32. The summed E-state index contributed by atoms with van der Waals surface area (Å²) < 4.78 is 26.0. The third kappa shape index (κ3) is 2.45. The predicted octanol–water partition coefficient (Wildman–Crippen LogP) is 1.20. The van der Waals surface area contributed by atoms with Gasteiger partial charge in [-0.25, -0.2) is 0 Å². The molecule has 1 aliphatic rings. The van der Waals surface area contributed by atoms with E-state index < -0.39 is 12.6 Å². The molecule has 0 atom stereocenters. The van der Waals surface area contributed by atoms with Gasteiger partial charge in [0.05, 0.1) is 9.71 Å². The van der Waals surface area contributed by atoms with Crippen LogP contribution in [0.2, 0.25) is 0 Å². The van der Waals surface area contributed by atoms with Gasteiger partial charge in [-0.3, -0.25) is 0 Å². The first-order chi connectivity index (χ1) is 5.41. The highest BCUT2D eigenvalue weighted by Crippen LogP contribution is 2.20. The summed E-state index contributed by atoms with van der Waals surface area (Å²) in [6.07, 6.45) is 1.54. The molecular formula is C7H16ClNO. The molecule has 0 radical (unpaired) electrons. The summed E-state index contributed by atoms with van der Waals surface area (Å²) in [6, 6.07) is 0. The fraction of sp³-hybridized carbons (Fsp3) is 1.00. The molecule has 0 unspecified atom stereocenters. The van der Waals surface area contributed by atoms with E-state index in [0.29, 0.717) is 0 Å². The fourth-order valence-corrected chi connectivity index (χ4v) is 1.06. The molecule has 1 N–H and O–H groups in total. The van der Waals surface area contributed by atoms with E-state index in [1.165, 1.54) is 0 Å². The second-order valence-corrected chi connectivity index (χ2v) is 2.80. The summed E-state index contributed by atoms with van der Waals surface area (Å²) in [5.41, 5.74) is -0.462. The van der Waals surface area contributed by atoms with Crippen molar-refractivity contribution in [3.8, 4) is 0 Å². The van der Waals surface area contributed by atoms with Crippen LogP contribution in [0.4, 0.5) is 0 Å². The van der Waals surface area contributed by atoms with Crippen molar-refractivity contribution >= 4 is 12.4 Å². The van der Waals surface area contributed by atoms with Gasteiger partial charge in [0.1, 0.15) is 0 Å². The molecule has 0 bridgehead atoms. The summed E-state index contributed by atoms with van der Waals surface area (Å²) in [7, 11) is -2.26. The van der Waals surface area contributed by atoms with Crippen LogP contribution in [0.1, 0.15) is 23.9 Å². The molecule has 1 fully saturated rings. The zero-order valence-corrected chi connectivity index (χ0v) is 6.96. The van der Waals surface area contributed by atoms with Crippen molar-refractivity contribution < 1.29 is 8.85 Å². The molecule has 0 aromatic rings. The lowest BCUT2D eigenvalue weighted by molar-refractivity contribution is -0.0178. The molecule has 62 valence electrons. The molecule has 10 heavy (non-hydrogen) atoms. The van der Waals surface area contributed by atoms with Gasteiger partial charge in [-0.05, 0) is 32.9 Å². The van der Waals surface area contributed by atoms with E-state index in [0.717, 1.165) is 25.9 Å². The van der Waals surface area contributed by atoms with E-state index >= 15 is 0 Å². The van der Waals surface area contributed by atoms with Crippen LogP contribution >= 0.6 is 12.4 Å². The smallest absolute Gasteiger partial charge is 0.0674 e. The molecule has 0 aliphatic carbocycles. The normalized spacial score (nSPS) is 29.1. The Morgan fingerprint density at radius 3 is 2.60 bits per heavy atom. The Balaban J connectivity index is 0.00000144. The molecule has 1 saturated heterocycles. The van der Waals surface area contributed by atoms with Gasteiger partial charge in [-0.2, -0.15) is 0 Å². The number of methoxy groups -OCH3 is 1. The first-order valence-electron chi connectivity index (χ1n) is 4.82. The van der Waals surface area contributed by atoms with Gasteiger partial charge in [0.25, 0.3) is 0 Å². The topological polar surface area (TPSA) is 21.3 Å². The molecule has 1 heterocycles. The fourth-order valence-electron chi connectivity index (χ4n) is 1.06. The average molecular weight is 169 g/mol. The van der Waals surface area contributed by atoms with Crippen LogP contribution in [0, 0.1) is 0 Å². The van der Waals surface area contributed by atoms with Crippen molar-refractivity contribution in [3.63, 3.8) is 0 Å². The third-order valence-corrected chi connectivity index (χ3v) is 1.91. The second-order valence-electron chi connectivity index (χ2n) is 2.80. The van der Waals surface area contributed by atoms with E-state index in [-0.39, 0.29) is 12.4 Å². The van der Waals surface area contributed by atoms with Gasteiger partial charge in [0.2, 0.25) is 0 Å². The van der Waals surface area contributed by atoms with Crippen molar-refractivity contribution in [2.75, 3.05) is 20.1 Å². The van der Waals surface area contributed by atoms with Crippen molar-refractivity contribution in [2.45, 2.75) is 25.4 Å². The Bertz CT molecular complexity index is 156. The molecular weight excluding hydrogens is 150 g/mol. The van der Waals surface area contributed by atoms with E-state index in [9.17, 15) is 0 Å². The highest BCUT2D eigenvalue weighted by atomic mass is 35.5. The molecule has 0 amide bonds. The predicted molar refractivity (Wildman–Crippen MR) is 44.8 cm³/mol. The minimum atomic E-state index is -2.26. The first kappa shape index (κ1) is 5.81. The summed E-state index contributed by atoms with van der Waals surface area (Å²) in [5.74, 6) is 0. The van der Waals surface area contributed by atoms with Crippen LogP contribution in [-0.2, 0) is 4.74 Å². The van der Waals surface area contributed by atoms with E-state index in [1.807, 2.05) is 6.92 Å². The summed E-state index contributed by atoms with van der Waals surface area (Å²) in [5, 5.41) is 3.16. The van der Waals surface area contributed by atoms with Gasteiger partial charge in [0, 0.05) is 7.04 Å². The van der Waals surface area contributed by atoms with Crippen molar-refractivity contribution in [1.29, 1.82) is 0 Å². The van der Waals surface area contributed by atoms with E-state index in [4.69, 9.17) is 8.85 Å². The van der Waals surface area contributed by atoms with Crippen molar-refractivity contribution in [1.82, 2.24) is 5.32 Å². The highest BCUT2D eigenvalue weighted by Gasteiger charge is 2.25. The van der Waals surface area contributed by atoms with Crippen LogP contribution < -0.4 is 5.32 Å². The monoisotopic (exact) mass is 168 g/mol. The number of halogens is 1. The lowest BCUT2D eigenvalue weighted by atomic mass is 9.95. The molecule has 1 aliphatic heterocycles. The van der Waals surface area contributed by atoms with Gasteiger partial charge < -0.3 is 10.1 Å². The lowest BCUT2D eigenvalue weighted by Crippen LogP contribution is -2.40. The Labute approximate surface area is 73.0 Å². The molecule has 0 aromatic heterocycles. The summed E-state index contributed by atoms with van der Waals surface area (Å²) in [4.78, 5) is 0. The van der Waals surface area contributed by atoms with Crippen LogP contribution in [0.25, 0.3) is 0 Å². The van der Waals surface area contributed by atoms with Gasteiger partial charge in [-0.1, -0.05) is 0 Å². The maximum absolute atomic E-state index is 6.98. The quantitative estimate of drug-likeness (QED) is 0.636. The van der Waals surface area contributed by atoms with Crippen molar-refractivity contribution in [3.05, 3.63) is 0 Å². The number of piperidine rings is 1. The molecule has 2 nitrogen and oxygen atoms in total. The standard InChI is InChI=1S/C7H15NO.ClH/c1-7(9-2)3-5-8-6-4-7;/h8H,3-6H2,1-2H3;1H/i2D3;. The zero-order chi connectivity index (χ0) is 9.24. The SMILES string of the molecule is Cl.[2H]C([2H])([2H])OC1(C)CCNCC1. The summed E-state index contributed by atoms with van der Waals surface area (Å²) in [6.45, 7) is 3.54. The summed E-state index contributed by atoms with van der Waals surface area (Å²) >= 11 is 0. The van der Waals surface area contributed by atoms with E-state index in [2.05, 4.69) is 5.32 Å². The number of hydrogen-bond donors (Lipinski definition) is 1. The third-order valence-electron chi connectivity index (χ3n) is 1.91. The Kier molecular flexibility index (Phi) is 2.42. The van der Waals surface area contributed by atoms with Crippen LogP contribution in [0.5, 0.6) is 0 Å². The van der Waals surface area contributed by atoms with Crippen molar-refractivity contribution in [2.24, 2.45) is 0 Å². The maximum Gasteiger partial charge on any atom is 0.0674 e. The number of ether oxygens (including phenoxy) is 1. The van der Waals surface area contributed by atoms with Crippen LogP contribution in [-0.4, -0.2) is 25.7 Å². The Morgan fingerprint density at radius 2 is 2.10 bits per heavy atom. The Morgan fingerprint density at radius 1 is 1.50 bits per heavy atom. The first-order valence-corrected chi connectivity index (χ1v) is 3.32. The number of hydrogen-bond acceptors (Lipinski definition) is 2. The van der Waals surface area contributed by atoms with Gasteiger partial charge in [-0.15, -0.1) is 12.4 Å². The number of rotatable bonds is 1. The molecule has 0 aromatic carbocycles. The van der Waals surface area contributed by atoms with Crippen LogP contribution in [0.3, 0.4) is 0 Å². The molecule has 0 spiro atoms. The minimum absolute atomic E-state index is 0. The molecule has 1 rings (SSSR count). The average Bonchev–Trinajstić information content (AvgIpc) is 1.83. The molecule has 0 saturated carbocycles. The largest absolute Gasteiger partial charge is 0.378 e. The molecule has 3 heteroatoms. The van der Waals surface area contributed by atoms with Gasteiger partial charge >= 0.3 is 0 Å². The van der Waals surface area contributed by atoms with Crippen LogP contribution in [0.15, 0.2) is 0 Å². The number of nitrogens with one attached hydrogen (secondary N) is 1. The minimum Gasteiger partial charge on any atom is -0.378 e. The van der Waals surface area contributed by atoms with Gasteiger partial charge in [0.15, 0.2) is 0 Å². The maximum atomic E-state index is 6.98. The highest BCUT2D eigenvalue weighted by molar-refractivity contribution is 5.85.